The summed E-state index contributed by atoms with van der Waals surface area (Å²) in [6.07, 6.45) is 6.79. The van der Waals surface area contributed by atoms with Gasteiger partial charge in [-0.25, -0.2) is 4.98 Å². The number of rotatable bonds is 4. The molecule has 3 aromatic heterocycles. The molecule has 4 rings (SSSR count). The van der Waals surface area contributed by atoms with Gasteiger partial charge in [-0.15, -0.1) is 0 Å². The minimum atomic E-state index is -0.350. The molecule has 8 heteroatoms. The summed E-state index contributed by atoms with van der Waals surface area (Å²) in [6, 6.07) is 9.27. The molecule has 4 heterocycles. The van der Waals surface area contributed by atoms with Crippen LogP contribution in [0.1, 0.15) is 34.5 Å². The van der Waals surface area contributed by atoms with Crippen LogP contribution in [0.2, 0.25) is 0 Å². The Balaban J connectivity index is 1.52. The zero-order valence-corrected chi connectivity index (χ0v) is 15.0. The maximum Gasteiger partial charge on any atom is 0.276 e. The molecular formula is C19H18N6O2. The van der Waals surface area contributed by atoms with E-state index in [1.807, 2.05) is 24.3 Å². The third-order valence-corrected chi connectivity index (χ3v) is 4.50. The molecule has 1 atom stereocenters. The number of imidazole rings is 1. The zero-order valence-electron chi connectivity index (χ0n) is 15.0. The first-order valence-corrected chi connectivity index (χ1v) is 8.49. The van der Waals surface area contributed by atoms with Crippen molar-refractivity contribution in [2.75, 3.05) is 11.9 Å². The number of carbonyl (C=O) groups excluding carboxylic acids is 1. The predicted molar refractivity (Wildman–Crippen MR) is 99.4 cm³/mol. The van der Waals surface area contributed by atoms with E-state index in [2.05, 4.69) is 20.1 Å². The number of hydrogen-bond acceptors (Lipinski definition) is 6. The van der Waals surface area contributed by atoms with Crippen LogP contribution in [-0.2, 0) is 11.9 Å². The van der Waals surface area contributed by atoms with E-state index < -0.39 is 0 Å². The lowest BCUT2D eigenvalue weighted by atomic mass is 10.1. The van der Waals surface area contributed by atoms with Gasteiger partial charge in [-0.3, -0.25) is 14.8 Å². The molecule has 0 spiro atoms. The molecule has 136 valence electrons. The molecule has 0 saturated carbocycles. The normalized spacial score (nSPS) is 15.9. The predicted octanol–water partition coefficient (Wildman–Crippen LogP) is 2.35. The fraction of sp³-hybridized carbons (Fsp3) is 0.211. The summed E-state index contributed by atoms with van der Waals surface area (Å²) in [5.74, 6) is 0.473. The van der Waals surface area contributed by atoms with Crippen LogP contribution in [0.25, 0.3) is 0 Å². The lowest BCUT2D eigenvalue weighted by Gasteiger charge is -2.17. The third-order valence-electron chi connectivity index (χ3n) is 4.50. The Morgan fingerprint density at radius 1 is 1.19 bits per heavy atom. The van der Waals surface area contributed by atoms with Crippen LogP contribution in [0.15, 0.2) is 60.3 Å². The summed E-state index contributed by atoms with van der Waals surface area (Å²) >= 11 is 0. The van der Waals surface area contributed by atoms with Crippen LogP contribution < -0.4 is 4.90 Å². The van der Waals surface area contributed by atoms with Crippen LogP contribution in [-0.4, -0.2) is 38.2 Å². The van der Waals surface area contributed by atoms with Gasteiger partial charge in [-0.2, -0.15) is 0 Å². The van der Waals surface area contributed by atoms with Crippen molar-refractivity contribution >= 4 is 17.3 Å². The van der Waals surface area contributed by atoms with Gasteiger partial charge in [0, 0.05) is 32.9 Å². The van der Waals surface area contributed by atoms with Gasteiger partial charge in [0.25, 0.3) is 5.91 Å². The van der Waals surface area contributed by atoms with E-state index in [9.17, 15) is 4.79 Å². The molecule has 0 radical (unpaired) electrons. The first-order chi connectivity index (χ1) is 13.1. The average molecular weight is 362 g/mol. The number of carbonyl (C=O) groups is 1. The van der Waals surface area contributed by atoms with E-state index >= 15 is 0 Å². The number of amides is 1. The van der Waals surface area contributed by atoms with E-state index in [1.54, 1.807) is 54.4 Å². The van der Waals surface area contributed by atoms with Crippen molar-refractivity contribution in [1.82, 2.24) is 19.5 Å². The molecule has 1 aliphatic rings. The fourth-order valence-electron chi connectivity index (χ4n) is 2.96. The summed E-state index contributed by atoms with van der Waals surface area (Å²) in [5, 5.41) is 4.14. The maximum atomic E-state index is 12.8. The van der Waals surface area contributed by atoms with Gasteiger partial charge in [-0.05, 0) is 24.3 Å². The Kier molecular flexibility index (Phi) is 4.37. The number of nitrogens with zero attached hydrogens (tertiary/aromatic N) is 6. The monoisotopic (exact) mass is 362 g/mol. The van der Waals surface area contributed by atoms with Gasteiger partial charge in [-0.1, -0.05) is 11.2 Å². The molecule has 8 nitrogen and oxygen atoms in total. The van der Waals surface area contributed by atoms with Crippen molar-refractivity contribution in [3.8, 4) is 0 Å². The van der Waals surface area contributed by atoms with Crippen LogP contribution in [0.3, 0.4) is 0 Å². The maximum absolute atomic E-state index is 12.8. The van der Waals surface area contributed by atoms with Crippen molar-refractivity contribution in [1.29, 1.82) is 0 Å². The minimum absolute atomic E-state index is 0.173. The number of pyridine rings is 2. The van der Waals surface area contributed by atoms with Gasteiger partial charge >= 0.3 is 0 Å². The molecule has 1 amide bonds. The van der Waals surface area contributed by atoms with Crippen molar-refractivity contribution < 1.29 is 9.63 Å². The first-order valence-electron chi connectivity index (χ1n) is 8.49. The molecule has 27 heavy (non-hydrogen) atoms. The highest BCUT2D eigenvalue weighted by Gasteiger charge is 2.30. The van der Waals surface area contributed by atoms with Crippen molar-refractivity contribution in [3.05, 3.63) is 72.3 Å². The minimum Gasteiger partial charge on any atom is -0.384 e. The highest BCUT2D eigenvalue weighted by Crippen LogP contribution is 2.28. The summed E-state index contributed by atoms with van der Waals surface area (Å²) in [5.41, 5.74) is 2.72. The first kappa shape index (κ1) is 16.9. The number of aromatic nitrogens is 4. The third kappa shape index (κ3) is 3.17. The van der Waals surface area contributed by atoms with Crippen LogP contribution in [0.5, 0.6) is 0 Å². The Hall–Kier alpha value is -3.55. The Morgan fingerprint density at radius 3 is 2.81 bits per heavy atom. The fourth-order valence-corrected chi connectivity index (χ4v) is 2.96. The Morgan fingerprint density at radius 2 is 2.07 bits per heavy atom. The number of oxime groups is 1. The molecule has 3 aromatic rings. The molecular weight excluding hydrogens is 344 g/mol. The second kappa shape index (κ2) is 6.99. The van der Waals surface area contributed by atoms with E-state index in [0.717, 1.165) is 11.4 Å². The second-order valence-electron chi connectivity index (χ2n) is 6.19. The van der Waals surface area contributed by atoms with E-state index in [4.69, 9.17) is 4.84 Å². The lowest BCUT2D eigenvalue weighted by molar-refractivity contribution is 0.0767. The van der Waals surface area contributed by atoms with Gasteiger partial charge in [0.15, 0.2) is 11.9 Å². The van der Waals surface area contributed by atoms with Crippen LogP contribution in [0, 0.1) is 0 Å². The summed E-state index contributed by atoms with van der Waals surface area (Å²) < 4.78 is 1.75. The summed E-state index contributed by atoms with van der Waals surface area (Å²) in [4.78, 5) is 32.7. The number of anilines is 1. The summed E-state index contributed by atoms with van der Waals surface area (Å²) in [7, 11) is 3.51. The summed E-state index contributed by atoms with van der Waals surface area (Å²) in [6.45, 7) is 0. The van der Waals surface area contributed by atoms with Gasteiger partial charge in [0.1, 0.15) is 11.4 Å². The zero-order chi connectivity index (χ0) is 18.8. The molecule has 0 bridgehead atoms. The Labute approximate surface area is 156 Å². The molecule has 1 aliphatic heterocycles. The SMILES string of the molecule is CN(C(=O)c1cnc(C2CC(c3ccccn3)=NO2)n1C)c1cccnc1. The van der Waals surface area contributed by atoms with Crippen molar-refractivity contribution in [3.63, 3.8) is 0 Å². The Bertz CT molecular complexity index is 984. The number of hydrogen-bond donors (Lipinski definition) is 0. The molecule has 1 unspecified atom stereocenters. The standard InChI is InChI=1S/C19H18N6O2/c1-24(13-6-5-8-20-11-13)19(26)16-12-22-18(25(16)2)17-10-15(23-27-17)14-7-3-4-9-21-14/h3-9,11-12,17H,10H2,1-2H3. The van der Waals surface area contributed by atoms with Crippen molar-refractivity contribution in [2.24, 2.45) is 12.2 Å². The van der Waals surface area contributed by atoms with Crippen molar-refractivity contribution in [2.45, 2.75) is 12.5 Å². The van der Waals surface area contributed by atoms with E-state index in [-0.39, 0.29) is 12.0 Å². The molecule has 0 N–H and O–H groups in total. The molecule has 0 saturated heterocycles. The average Bonchev–Trinajstić information content (AvgIpc) is 3.35. The van der Waals surface area contributed by atoms with Gasteiger partial charge < -0.3 is 14.3 Å². The highest BCUT2D eigenvalue weighted by molar-refractivity contribution is 6.04. The smallest absolute Gasteiger partial charge is 0.276 e. The van der Waals surface area contributed by atoms with Crippen LogP contribution in [0.4, 0.5) is 5.69 Å². The topological polar surface area (TPSA) is 85.5 Å². The second-order valence-corrected chi connectivity index (χ2v) is 6.19. The van der Waals surface area contributed by atoms with E-state index in [0.29, 0.717) is 23.6 Å². The van der Waals surface area contributed by atoms with Crippen LogP contribution >= 0.6 is 0 Å². The highest BCUT2D eigenvalue weighted by atomic mass is 16.6. The molecule has 0 fully saturated rings. The van der Waals surface area contributed by atoms with Gasteiger partial charge in [0.2, 0.25) is 0 Å². The molecule has 0 aromatic carbocycles. The quantitative estimate of drug-likeness (QED) is 0.711. The largest absolute Gasteiger partial charge is 0.384 e. The van der Waals surface area contributed by atoms with E-state index in [1.165, 1.54) is 0 Å². The molecule has 0 aliphatic carbocycles. The van der Waals surface area contributed by atoms with Gasteiger partial charge in [0.05, 0.1) is 23.8 Å². The lowest BCUT2D eigenvalue weighted by Crippen LogP contribution is -2.28.